The minimum absolute atomic E-state index is 0.0826. The molecule has 2 atom stereocenters. The molecule has 0 bridgehead atoms. The van der Waals surface area contributed by atoms with Crippen molar-refractivity contribution < 1.29 is 45.7 Å². The fourth-order valence-electron chi connectivity index (χ4n) is 3.13. The van der Waals surface area contributed by atoms with Crippen LogP contribution in [0.3, 0.4) is 0 Å². The van der Waals surface area contributed by atoms with Gasteiger partial charge in [-0.05, 0) is 36.8 Å². The van der Waals surface area contributed by atoms with Gasteiger partial charge in [0, 0.05) is 25.0 Å². The van der Waals surface area contributed by atoms with Crippen molar-refractivity contribution in [3.63, 3.8) is 0 Å². The number of alkyl halides is 6. The molecule has 190 valence electrons. The number of ether oxygens (including phenoxy) is 2. The minimum atomic E-state index is -5.01. The predicted molar refractivity (Wildman–Crippen MR) is 117 cm³/mol. The van der Waals surface area contributed by atoms with E-state index < -0.39 is 41.8 Å². The first kappa shape index (κ1) is 28.3. The van der Waals surface area contributed by atoms with Crippen LogP contribution in [-0.4, -0.2) is 42.7 Å². The number of hydrogen-bond donors (Lipinski definition) is 1. The molecule has 0 heterocycles. The summed E-state index contributed by atoms with van der Waals surface area (Å²) in [4.78, 5) is 11.2. The fraction of sp³-hybridized carbons (Fsp3) is 0.375. The molecule has 1 aliphatic carbocycles. The Bertz CT molecular complexity index is 1060. The molecule has 0 fully saturated rings. The first-order chi connectivity index (χ1) is 16.3. The zero-order valence-electron chi connectivity index (χ0n) is 18.3. The van der Waals surface area contributed by atoms with E-state index in [4.69, 9.17) is 26.2 Å². The van der Waals surface area contributed by atoms with E-state index in [1.54, 1.807) is 13.0 Å². The Kier molecular flexibility index (Phi) is 9.46. The molecule has 0 saturated carbocycles. The number of carbonyl (C=O) groups is 1. The van der Waals surface area contributed by atoms with Crippen LogP contribution in [0.25, 0.3) is 0 Å². The van der Waals surface area contributed by atoms with Crippen LogP contribution in [0.2, 0.25) is 5.02 Å². The van der Waals surface area contributed by atoms with E-state index >= 15 is 0 Å². The number of allylic oxidation sites excluding steroid dienone is 5. The van der Waals surface area contributed by atoms with Crippen molar-refractivity contribution in [2.75, 3.05) is 13.2 Å². The first-order valence-electron chi connectivity index (χ1n) is 10.2. The molecule has 2 rings (SSSR count). The highest BCUT2D eigenvalue weighted by Gasteiger charge is 2.55. The van der Waals surface area contributed by atoms with Gasteiger partial charge in [-0.25, -0.2) is 4.79 Å². The van der Waals surface area contributed by atoms with E-state index in [1.165, 1.54) is 18.2 Å². The zero-order valence-corrected chi connectivity index (χ0v) is 19.1. The second-order valence-electron chi connectivity index (χ2n) is 7.43. The van der Waals surface area contributed by atoms with Crippen molar-refractivity contribution in [3.05, 3.63) is 64.7 Å². The SMILES string of the molecule is CCO[C@@H](Cc1ccc(OC/C=C\C#CC2(C(F)(F)F)C=CC=C(C(F)(F)F)C2)c(Cl)c1)C(=O)O. The van der Waals surface area contributed by atoms with Gasteiger partial charge in [-0.3, -0.25) is 0 Å². The largest absolute Gasteiger partial charge is 0.488 e. The van der Waals surface area contributed by atoms with E-state index in [0.717, 1.165) is 6.08 Å². The van der Waals surface area contributed by atoms with Crippen LogP contribution >= 0.6 is 11.6 Å². The molecule has 1 aliphatic rings. The van der Waals surface area contributed by atoms with Gasteiger partial charge in [0.25, 0.3) is 0 Å². The van der Waals surface area contributed by atoms with Gasteiger partial charge in [0.05, 0.1) is 5.02 Å². The topological polar surface area (TPSA) is 55.8 Å². The molecule has 0 saturated heterocycles. The number of carboxylic acid groups (broad SMARTS) is 1. The summed E-state index contributed by atoms with van der Waals surface area (Å²) in [6.45, 7) is 1.76. The average Bonchev–Trinajstić information content (AvgIpc) is 2.75. The number of hydrogen-bond acceptors (Lipinski definition) is 3. The van der Waals surface area contributed by atoms with Crippen molar-refractivity contribution in [2.45, 2.75) is 38.2 Å². The van der Waals surface area contributed by atoms with E-state index in [1.807, 2.05) is 5.92 Å². The van der Waals surface area contributed by atoms with Crippen LogP contribution in [0, 0.1) is 17.3 Å². The van der Waals surface area contributed by atoms with Gasteiger partial charge in [0.2, 0.25) is 0 Å². The summed E-state index contributed by atoms with van der Waals surface area (Å²) in [6, 6.07) is 4.59. The Hall–Kier alpha value is -2.90. The Balaban J connectivity index is 2.03. The van der Waals surface area contributed by atoms with Crippen LogP contribution in [0.15, 0.2) is 54.2 Å². The lowest BCUT2D eigenvalue weighted by molar-refractivity contribution is -0.190. The molecule has 35 heavy (non-hydrogen) atoms. The van der Waals surface area contributed by atoms with Gasteiger partial charge in [0.15, 0.2) is 6.10 Å². The summed E-state index contributed by atoms with van der Waals surface area (Å²) in [5.74, 6) is 3.17. The monoisotopic (exact) mass is 522 g/mol. The highest BCUT2D eigenvalue weighted by atomic mass is 35.5. The van der Waals surface area contributed by atoms with Gasteiger partial charge >= 0.3 is 18.3 Å². The Labute approximate surface area is 202 Å². The van der Waals surface area contributed by atoms with Crippen LogP contribution in [-0.2, 0) is 16.0 Å². The Morgan fingerprint density at radius 1 is 1.29 bits per heavy atom. The van der Waals surface area contributed by atoms with E-state index in [2.05, 4.69) is 5.92 Å². The fourth-order valence-corrected chi connectivity index (χ4v) is 3.39. The zero-order chi connectivity index (χ0) is 26.3. The summed E-state index contributed by atoms with van der Waals surface area (Å²) < 4.78 is 90.0. The van der Waals surface area contributed by atoms with Crippen molar-refractivity contribution in [1.82, 2.24) is 0 Å². The van der Waals surface area contributed by atoms with Gasteiger partial charge in [-0.15, -0.1) is 0 Å². The van der Waals surface area contributed by atoms with Gasteiger partial charge in [-0.2, -0.15) is 26.3 Å². The molecular formula is C24H21ClF6O4. The van der Waals surface area contributed by atoms with Crippen LogP contribution in [0.1, 0.15) is 18.9 Å². The lowest BCUT2D eigenvalue weighted by atomic mass is 9.78. The molecular weight excluding hydrogens is 502 g/mol. The van der Waals surface area contributed by atoms with E-state index in [9.17, 15) is 31.1 Å². The van der Waals surface area contributed by atoms with Gasteiger partial charge < -0.3 is 14.6 Å². The minimum Gasteiger partial charge on any atom is -0.488 e. The molecule has 1 N–H and O–H groups in total. The maximum Gasteiger partial charge on any atom is 0.412 e. The Morgan fingerprint density at radius 3 is 2.57 bits per heavy atom. The lowest BCUT2D eigenvalue weighted by Crippen LogP contribution is -2.38. The van der Waals surface area contributed by atoms with Gasteiger partial charge in [-0.1, -0.05) is 47.7 Å². The summed E-state index contributed by atoms with van der Waals surface area (Å²) in [5.41, 5.74) is -3.67. The highest BCUT2D eigenvalue weighted by Crippen LogP contribution is 2.48. The summed E-state index contributed by atoms with van der Waals surface area (Å²) >= 11 is 6.13. The average molecular weight is 523 g/mol. The molecule has 0 aliphatic heterocycles. The normalized spacial score (nSPS) is 19.1. The number of benzene rings is 1. The molecule has 0 radical (unpaired) electrons. The highest BCUT2D eigenvalue weighted by molar-refractivity contribution is 6.32. The van der Waals surface area contributed by atoms with E-state index in [-0.39, 0.29) is 30.4 Å². The summed E-state index contributed by atoms with van der Waals surface area (Å²) in [6.07, 6.45) is -7.93. The molecule has 0 amide bonds. The first-order valence-corrected chi connectivity index (χ1v) is 10.6. The molecule has 0 aromatic heterocycles. The lowest BCUT2D eigenvalue weighted by Gasteiger charge is -2.31. The van der Waals surface area contributed by atoms with Crippen LogP contribution in [0.4, 0.5) is 26.3 Å². The smallest absolute Gasteiger partial charge is 0.412 e. The number of rotatable bonds is 8. The number of aliphatic carboxylic acids is 1. The second-order valence-corrected chi connectivity index (χ2v) is 7.84. The number of carboxylic acids is 1. The third-order valence-corrected chi connectivity index (χ3v) is 5.20. The molecule has 11 heteroatoms. The van der Waals surface area contributed by atoms with E-state index in [0.29, 0.717) is 23.8 Å². The van der Waals surface area contributed by atoms with Crippen molar-refractivity contribution in [2.24, 2.45) is 5.41 Å². The van der Waals surface area contributed by atoms with Crippen molar-refractivity contribution in [3.8, 4) is 17.6 Å². The summed E-state index contributed by atoms with van der Waals surface area (Å²) in [7, 11) is 0. The second kappa shape index (κ2) is 11.7. The molecule has 1 aromatic carbocycles. The quantitative estimate of drug-likeness (QED) is 0.321. The predicted octanol–water partition coefficient (Wildman–Crippen LogP) is 6.31. The van der Waals surface area contributed by atoms with Gasteiger partial charge in [0.1, 0.15) is 17.8 Å². The van der Waals surface area contributed by atoms with Crippen LogP contribution in [0.5, 0.6) is 5.75 Å². The number of halogens is 7. The van der Waals surface area contributed by atoms with Crippen LogP contribution < -0.4 is 4.74 Å². The maximum absolute atomic E-state index is 13.5. The summed E-state index contributed by atoms with van der Waals surface area (Å²) in [5, 5.41) is 9.33. The molecule has 1 unspecified atom stereocenters. The van der Waals surface area contributed by atoms with Crippen molar-refractivity contribution >= 4 is 17.6 Å². The molecule has 0 spiro atoms. The Morgan fingerprint density at radius 2 is 2.00 bits per heavy atom. The standard InChI is InChI=1S/C24H21ClF6O4/c1-2-34-20(21(32)33)14-16-8-9-19(18(25)13-16)35-12-5-3-4-10-22(24(29,30)31)11-6-7-17(15-22)23(26,27)28/h3,5-9,11,13,20H,2,12,14-15H2,1H3,(H,32,33)/b5-3-/t20-,22?/m0/s1. The third kappa shape index (κ3) is 7.80. The molecule has 4 nitrogen and oxygen atoms in total. The maximum atomic E-state index is 13.5. The molecule has 1 aromatic rings. The van der Waals surface area contributed by atoms with Crippen molar-refractivity contribution in [1.29, 1.82) is 0 Å². The third-order valence-electron chi connectivity index (χ3n) is 4.91.